The molecular weight excluding hydrogens is 749 g/mol. The lowest BCUT2D eigenvalue weighted by Gasteiger charge is -2.44. The molecule has 0 aromatic heterocycles. The molecule has 57 heavy (non-hydrogen) atoms. The molecule has 1 unspecified atom stereocenters. The van der Waals surface area contributed by atoms with Gasteiger partial charge in [-0.2, -0.15) is 13.2 Å². The fourth-order valence-corrected chi connectivity index (χ4v) is 7.36. The van der Waals surface area contributed by atoms with Crippen molar-refractivity contribution in [1.29, 1.82) is 0 Å². The van der Waals surface area contributed by atoms with Crippen LogP contribution in [0.15, 0.2) is 108 Å². The number of hydrogen-bond donors (Lipinski definition) is 0. The van der Waals surface area contributed by atoms with E-state index in [0.29, 0.717) is 11.1 Å². The van der Waals surface area contributed by atoms with Gasteiger partial charge >= 0.3 is 30.1 Å². The highest BCUT2D eigenvalue weighted by Gasteiger charge is 2.65. The molecular formula is C43H47F3O11. The zero-order chi connectivity index (χ0) is 42.2. The molecule has 1 aliphatic carbocycles. The third kappa shape index (κ3) is 10.1. The molecule has 0 bridgehead atoms. The summed E-state index contributed by atoms with van der Waals surface area (Å²) in [5.41, 5.74) is -3.02. The quantitative estimate of drug-likeness (QED) is 0.119. The molecule has 306 valence electrons. The van der Waals surface area contributed by atoms with Gasteiger partial charge in [0.25, 0.3) is 0 Å². The van der Waals surface area contributed by atoms with E-state index in [1.807, 2.05) is 0 Å². The van der Waals surface area contributed by atoms with Gasteiger partial charge in [-0.05, 0) is 57.9 Å². The van der Waals surface area contributed by atoms with Crippen molar-refractivity contribution in [1.82, 2.24) is 0 Å². The van der Waals surface area contributed by atoms with Gasteiger partial charge in [-0.25, -0.2) is 4.79 Å². The first-order valence-corrected chi connectivity index (χ1v) is 18.2. The number of Topliss-reactive ketones (excluding diaryl/α,β-unsaturated/α-hetero) is 1. The van der Waals surface area contributed by atoms with Crippen LogP contribution in [-0.2, 0) is 53.2 Å². The first-order chi connectivity index (χ1) is 26.8. The van der Waals surface area contributed by atoms with Gasteiger partial charge in [0.15, 0.2) is 18.0 Å². The number of alkyl halides is 3. The number of methoxy groups -OCH3 is 1. The third-order valence-electron chi connectivity index (χ3n) is 9.72. The lowest BCUT2D eigenvalue weighted by atomic mass is 9.68. The molecule has 0 saturated carbocycles. The minimum atomic E-state index is -5.38. The molecule has 0 N–H and O–H groups in total. The molecule has 14 heteroatoms. The average molecular weight is 797 g/mol. The second-order valence-electron chi connectivity index (χ2n) is 14.2. The number of carbonyl (C=O) groups is 5. The number of ether oxygens (including phenoxy) is 6. The Morgan fingerprint density at radius 1 is 0.860 bits per heavy atom. The van der Waals surface area contributed by atoms with Crippen LogP contribution in [-0.4, -0.2) is 67.5 Å². The van der Waals surface area contributed by atoms with Gasteiger partial charge in [0.2, 0.25) is 11.9 Å². The van der Waals surface area contributed by atoms with Crippen molar-refractivity contribution in [2.24, 2.45) is 17.8 Å². The maximum absolute atomic E-state index is 15.7. The summed E-state index contributed by atoms with van der Waals surface area (Å²) in [6.07, 6.45) is -6.79. The van der Waals surface area contributed by atoms with Crippen LogP contribution in [0.1, 0.15) is 70.3 Å². The summed E-state index contributed by atoms with van der Waals surface area (Å²) in [4.78, 5) is 66.5. The Bertz CT molecular complexity index is 1910. The minimum absolute atomic E-state index is 0.0546. The summed E-state index contributed by atoms with van der Waals surface area (Å²) in [5.74, 6) is -9.18. The van der Waals surface area contributed by atoms with Crippen LogP contribution < -0.4 is 0 Å². The van der Waals surface area contributed by atoms with Gasteiger partial charge in [0.05, 0.1) is 23.7 Å². The Balaban J connectivity index is 2.05. The normalized spacial score (nSPS) is 24.0. The van der Waals surface area contributed by atoms with E-state index in [-0.39, 0.29) is 29.6 Å². The molecule has 2 aromatic carbocycles. The molecule has 1 aliphatic heterocycles. The molecule has 0 amide bonds. The van der Waals surface area contributed by atoms with Crippen LogP contribution in [0.4, 0.5) is 13.2 Å². The molecule has 0 radical (unpaired) electrons. The smallest absolute Gasteiger partial charge is 0.429 e. The fourth-order valence-electron chi connectivity index (χ4n) is 7.36. The van der Waals surface area contributed by atoms with Gasteiger partial charge in [-0.1, -0.05) is 71.8 Å². The van der Waals surface area contributed by atoms with Gasteiger partial charge in [0.1, 0.15) is 6.10 Å². The number of rotatable bonds is 12. The first-order valence-electron chi connectivity index (χ1n) is 18.2. The monoisotopic (exact) mass is 796 g/mol. The van der Waals surface area contributed by atoms with Crippen molar-refractivity contribution in [2.45, 2.75) is 90.8 Å². The zero-order valence-electron chi connectivity index (χ0n) is 32.8. The number of halogens is 3. The molecule has 0 saturated heterocycles. The average Bonchev–Trinajstić information content (AvgIpc) is 3.17. The van der Waals surface area contributed by atoms with E-state index >= 15 is 18.0 Å². The summed E-state index contributed by atoms with van der Waals surface area (Å²) in [7, 11) is 0.750. The van der Waals surface area contributed by atoms with Crippen molar-refractivity contribution in [3.63, 3.8) is 0 Å². The van der Waals surface area contributed by atoms with E-state index in [9.17, 15) is 19.2 Å². The first kappa shape index (κ1) is 44.2. The second-order valence-corrected chi connectivity index (χ2v) is 14.2. The molecule has 0 fully saturated rings. The maximum atomic E-state index is 15.7. The van der Waals surface area contributed by atoms with E-state index in [1.165, 1.54) is 49.6 Å². The highest BCUT2D eigenvalue weighted by Crippen LogP contribution is 2.51. The van der Waals surface area contributed by atoms with Crippen molar-refractivity contribution >= 4 is 29.7 Å². The van der Waals surface area contributed by atoms with Gasteiger partial charge in [0, 0.05) is 44.9 Å². The van der Waals surface area contributed by atoms with Crippen LogP contribution in [0.2, 0.25) is 0 Å². The maximum Gasteiger partial charge on any atom is 0.429 e. The molecule has 8 atom stereocenters. The van der Waals surface area contributed by atoms with E-state index in [1.54, 1.807) is 45.0 Å². The number of fused-ring (bicyclic) bond motifs is 1. The SMILES string of the molecule is C=C1[C@H](C(=O)C(OC)(c2ccccc2)C(F)(F)F)[C@@H](OC(=O)c2ccccc2)/C=C(/C)CC[C@@H]2C([C@H](OC(C)=O)[C@@H](C=C(C)C)OC(C)=O)=CO[C@H](OC(C)=O)[C@@H]12. The van der Waals surface area contributed by atoms with E-state index in [2.05, 4.69) is 6.58 Å². The van der Waals surface area contributed by atoms with Gasteiger partial charge in [-0.3, -0.25) is 19.2 Å². The van der Waals surface area contributed by atoms with Crippen LogP contribution in [0.25, 0.3) is 0 Å². The summed E-state index contributed by atoms with van der Waals surface area (Å²) in [5, 5.41) is 0. The Kier molecular flexibility index (Phi) is 14.5. The molecule has 11 nitrogen and oxygen atoms in total. The summed E-state index contributed by atoms with van der Waals surface area (Å²) in [6, 6.07) is 14.0. The number of carbonyl (C=O) groups excluding carboxylic acids is 5. The van der Waals surface area contributed by atoms with E-state index < -0.39 is 89.4 Å². The Hall–Kier alpha value is -5.50. The highest BCUT2D eigenvalue weighted by molar-refractivity contribution is 5.95. The zero-order valence-corrected chi connectivity index (χ0v) is 32.8. The van der Waals surface area contributed by atoms with Crippen molar-refractivity contribution in [2.75, 3.05) is 7.11 Å². The van der Waals surface area contributed by atoms with Crippen LogP contribution >= 0.6 is 0 Å². The summed E-state index contributed by atoms with van der Waals surface area (Å²) >= 11 is 0. The second kappa shape index (κ2) is 18.6. The predicted molar refractivity (Wildman–Crippen MR) is 200 cm³/mol. The highest BCUT2D eigenvalue weighted by atomic mass is 19.4. The Morgan fingerprint density at radius 3 is 1.98 bits per heavy atom. The van der Waals surface area contributed by atoms with Crippen molar-refractivity contribution < 1.29 is 65.6 Å². The fraction of sp³-hybridized carbons (Fsp3) is 0.419. The molecule has 4 rings (SSSR count). The number of esters is 4. The minimum Gasteiger partial charge on any atom is -0.462 e. The van der Waals surface area contributed by atoms with Crippen molar-refractivity contribution in [3.05, 3.63) is 119 Å². The number of ketones is 1. The predicted octanol–water partition coefficient (Wildman–Crippen LogP) is 7.66. The van der Waals surface area contributed by atoms with E-state index in [4.69, 9.17) is 28.4 Å². The topological polar surface area (TPSA) is 141 Å². The molecule has 2 aromatic rings. The number of benzene rings is 2. The van der Waals surface area contributed by atoms with Gasteiger partial charge in [-0.15, -0.1) is 0 Å². The van der Waals surface area contributed by atoms with E-state index in [0.717, 1.165) is 33.1 Å². The Morgan fingerprint density at radius 2 is 1.46 bits per heavy atom. The summed E-state index contributed by atoms with van der Waals surface area (Å²) < 4.78 is 81.2. The molecule has 2 aliphatic rings. The number of allylic oxidation sites excluding steroid dienone is 2. The lowest BCUT2D eigenvalue weighted by Crippen LogP contribution is -2.56. The van der Waals surface area contributed by atoms with Crippen molar-refractivity contribution in [3.8, 4) is 0 Å². The molecule has 0 spiro atoms. The largest absolute Gasteiger partial charge is 0.462 e. The summed E-state index contributed by atoms with van der Waals surface area (Å²) in [6.45, 7) is 12.7. The Labute approximate surface area is 329 Å². The number of hydrogen-bond acceptors (Lipinski definition) is 11. The van der Waals surface area contributed by atoms with Gasteiger partial charge < -0.3 is 28.4 Å². The lowest BCUT2D eigenvalue weighted by molar-refractivity contribution is -0.266. The van der Waals surface area contributed by atoms with Crippen LogP contribution in [0.5, 0.6) is 0 Å². The third-order valence-corrected chi connectivity index (χ3v) is 9.72. The van der Waals surface area contributed by atoms with Crippen LogP contribution in [0.3, 0.4) is 0 Å². The van der Waals surface area contributed by atoms with Crippen LogP contribution in [0, 0.1) is 17.8 Å². The standard InChI is InChI=1S/C43H47F3O11/c1-24(2)21-35(54-27(5)47)38(55-28(6)48)33-23-53-41(56-29(7)49)36-26(4)37(39(50)42(52-8,43(44,45)46)31-17-13-10-14-18-31)34(22-25(3)19-20-32(33)36)57-40(51)30-15-11-9-12-16-30/h9-18,21-23,32,34-38,41H,4,19-20H2,1-3,5-8H3/b25-22-/t32-,34+,35-,36+,37+,38+,41-,42?/m1/s1. The molecule has 1 heterocycles.